The van der Waals surface area contributed by atoms with Gasteiger partial charge in [0.15, 0.2) is 0 Å². The van der Waals surface area contributed by atoms with Gasteiger partial charge in [-0.25, -0.2) is 0 Å². The molecule has 176 valence electrons. The van der Waals surface area contributed by atoms with Crippen LogP contribution < -0.4 is 0 Å². The van der Waals surface area contributed by atoms with Gasteiger partial charge in [0.25, 0.3) is 0 Å². The van der Waals surface area contributed by atoms with Crippen LogP contribution >= 0.6 is 0 Å². The molecule has 0 aromatic rings. The molecule has 0 aromatic heterocycles. The Bertz CT molecular complexity index is 562. The first-order valence-corrected chi connectivity index (χ1v) is 15.7. The second kappa shape index (κ2) is 12.3. The van der Waals surface area contributed by atoms with Gasteiger partial charge >= 0.3 is 5.97 Å². The molecule has 1 atom stereocenters. The van der Waals surface area contributed by atoms with Crippen molar-refractivity contribution in [3.63, 3.8) is 0 Å². The Hall–Kier alpha value is -0.813. The van der Waals surface area contributed by atoms with Crippen LogP contribution in [-0.4, -0.2) is 31.6 Å². The quantitative estimate of drug-likeness (QED) is 0.167. The number of aliphatic hydroxyl groups is 1. The first-order valence-electron chi connectivity index (χ1n) is 12.2. The van der Waals surface area contributed by atoms with Crippen molar-refractivity contribution in [3.8, 4) is 0 Å². The third kappa shape index (κ3) is 8.03. The van der Waals surface area contributed by atoms with E-state index < -0.39 is 19.3 Å². The monoisotopic (exact) mass is 440 g/mol. The van der Waals surface area contributed by atoms with Crippen LogP contribution in [0, 0.1) is 5.41 Å². The second-order valence-corrected chi connectivity index (χ2v) is 15.1. The van der Waals surface area contributed by atoms with E-state index in [9.17, 15) is 9.90 Å². The van der Waals surface area contributed by atoms with Gasteiger partial charge in [0.05, 0.1) is 12.0 Å². The van der Waals surface area contributed by atoms with E-state index in [-0.39, 0.29) is 5.97 Å². The molecule has 1 aliphatic rings. The molecule has 0 saturated carbocycles. The Balaban J connectivity index is 2.40. The molecule has 0 saturated heterocycles. The highest BCUT2D eigenvalue weighted by atomic mass is 28.4. The number of carbonyl (C=O) groups excluding carboxylic acids is 1. The van der Waals surface area contributed by atoms with Gasteiger partial charge in [0.1, 0.15) is 11.4 Å². The average molecular weight is 441 g/mol. The van der Waals surface area contributed by atoms with Gasteiger partial charge in [-0.15, -0.1) is 0 Å². The Morgan fingerprint density at radius 1 is 1.00 bits per heavy atom. The molecule has 0 amide bonds. The topological polar surface area (TPSA) is 55.8 Å². The summed E-state index contributed by atoms with van der Waals surface area (Å²) >= 11 is 0. The number of ether oxygens (including phenoxy) is 1. The number of hydrogen-bond donors (Lipinski definition) is 1. The fourth-order valence-corrected chi connectivity index (χ4v) is 5.08. The molecule has 0 aromatic carbocycles. The normalized spacial score (nSPS) is 20.0. The maximum absolute atomic E-state index is 12.9. The molecular formula is C25H48O4Si. The van der Waals surface area contributed by atoms with E-state index in [2.05, 4.69) is 26.6 Å². The van der Waals surface area contributed by atoms with Crippen LogP contribution in [0.1, 0.15) is 105 Å². The van der Waals surface area contributed by atoms with Crippen molar-refractivity contribution < 1.29 is 19.1 Å². The van der Waals surface area contributed by atoms with Crippen molar-refractivity contribution in [2.45, 2.75) is 130 Å². The molecule has 5 heteroatoms. The molecule has 1 rings (SSSR count). The fraction of sp³-hybridized carbons (Fsp3) is 0.880. The Labute approximate surface area is 186 Å². The zero-order valence-corrected chi connectivity index (χ0v) is 21.9. The molecule has 1 unspecified atom stereocenters. The molecule has 0 aliphatic heterocycles. The van der Waals surface area contributed by atoms with Gasteiger partial charge < -0.3 is 14.3 Å². The van der Waals surface area contributed by atoms with Crippen LogP contribution in [0.3, 0.4) is 0 Å². The third-order valence-corrected chi connectivity index (χ3v) is 7.13. The summed E-state index contributed by atoms with van der Waals surface area (Å²) in [6, 6.07) is 0. The second-order valence-electron chi connectivity index (χ2n) is 10.6. The van der Waals surface area contributed by atoms with Crippen molar-refractivity contribution in [1.82, 2.24) is 0 Å². The maximum atomic E-state index is 12.9. The van der Waals surface area contributed by atoms with Crippen LogP contribution in [0.4, 0.5) is 0 Å². The Morgan fingerprint density at radius 2 is 1.50 bits per heavy atom. The first kappa shape index (κ1) is 27.2. The smallest absolute Gasteiger partial charge is 0.314 e. The molecule has 0 heterocycles. The molecule has 0 fully saturated rings. The molecule has 30 heavy (non-hydrogen) atoms. The lowest BCUT2D eigenvalue weighted by Gasteiger charge is -2.41. The summed E-state index contributed by atoms with van der Waals surface area (Å²) in [6.45, 7) is 14.6. The number of allylic oxidation sites excluding steroid dienone is 1. The van der Waals surface area contributed by atoms with Crippen molar-refractivity contribution in [3.05, 3.63) is 11.3 Å². The van der Waals surface area contributed by atoms with E-state index in [0.717, 1.165) is 24.8 Å². The van der Waals surface area contributed by atoms with Gasteiger partial charge in [-0.05, 0) is 65.2 Å². The Kier molecular flexibility index (Phi) is 11.1. The van der Waals surface area contributed by atoms with Crippen molar-refractivity contribution in [1.29, 1.82) is 0 Å². The summed E-state index contributed by atoms with van der Waals surface area (Å²) in [5.74, 6) is 0.287. The van der Waals surface area contributed by atoms with E-state index in [1.54, 1.807) is 13.8 Å². The van der Waals surface area contributed by atoms with Gasteiger partial charge in [-0.1, -0.05) is 64.7 Å². The minimum atomic E-state index is -1.89. The van der Waals surface area contributed by atoms with Gasteiger partial charge in [-0.3, -0.25) is 4.79 Å². The third-order valence-electron chi connectivity index (χ3n) is 6.31. The maximum Gasteiger partial charge on any atom is 0.314 e. The van der Waals surface area contributed by atoms with Crippen LogP contribution in [0.2, 0.25) is 19.6 Å². The first-order chi connectivity index (χ1) is 14.0. The zero-order chi connectivity index (χ0) is 22.8. The van der Waals surface area contributed by atoms with Crippen LogP contribution in [0.15, 0.2) is 11.3 Å². The molecule has 0 spiro atoms. The fourth-order valence-electron chi connectivity index (χ4n) is 4.13. The summed E-state index contributed by atoms with van der Waals surface area (Å²) in [7, 11) is -1.89. The van der Waals surface area contributed by atoms with Crippen molar-refractivity contribution in [2.75, 3.05) is 6.61 Å². The SMILES string of the molecule is CCCCCCCCCCCCOC(=O)C(C)(C)C1(O)CCC(C)=C1O[Si](C)(C)C. The molecule has 0 bridgehead atoms. The largest absolute Gasteiger partial charge is 0.545 e. The van der Waals surface area contributed by atoms with Crippen molar-refractivity contribution in [2.24, 2.45) is 5.41 Å². The van der Waals surface area contributed by atoms with E-state index in [1.165, 1.54) is 51.4 Å². The summed E-state index contributed by atoms with van der Waals surface area (Å²) in [5, 5.41) is 11.5. The Morgan fingerprint density at radius 3 is 2.00 bits per heavy atom. The molecule has 1 N–H and O–H groups in total. The minimum absolute atomic E-state index is 0.327. The molecule has 4 nitrogen and oxygen atoms in total. The lowest BCUT2D eigenvalue weighted by molar-refractivity contribution is -0.169. The number of esters is 1. The molecule has 0 radical (unpaired) electrons. The number of carbonyl (C=O) groups is 1. The number of rotatable bonds is 15. The van der Waals surface area contributed by atoms with E-state index in [0.29, 0.717) is 18.8 Å². The highest BCUT2D eigenvalue weighted by molar-refractivity contribution is 6.70. The predicted octanol–water partition coefficient (Wildman–Crippen LogP) is 7.13. The van der Waals surface area contributed by atoms with Crippen LogP contribution in [-0.2, 0) is 14.0 Å². The number of unbranched alkanes of at least 4 members (excludes halogenated alkanes) is 9. The average Bonchev–Trinajstić information content (AvgIpc) is 2.94. The predicted molar refractivity (Wildman–Crippen MR) is 128 cm³/mol. The highest BCUT2D eigenvalue weighted by Gasteiger charge is 2.56. The molecular weight excluding hydrogens is 392 g/mol. The van der Waals surface area contributed by atoms with E-state index in [4.69, 9.17) is 9.16 Å². The summed E-state index contributed by atoms with van der Waals surface area (Å²) in [5.41, 5.74) is -1.26. The van der Waals surface area contributed by atoms with Crippen molar-refractivity contribution >= 4 is 14.3 Å². The zero-order valence-electron chi connectivity index (χ0n) is 20.9. The van der Waals surface area contributed by atoms with Crippen LogP contribution in [0.25, 0.3) is 0 Å². The summed E-state index contributed by atoms with van der Waals surface area (Å²) in [4.78, 5) is 12.9. The van der Waals surface area contributed by atoms with Gasteiger partial charge in [-0.2, -0.15) is 0 Å². The van der Waals surface area contributed by atoms with Gasteiger partial charge in [0.2, 0.25) is 8.32 Å². The lowest BCUT2D eigenvalue weighted by Crippen LogP contribution is -2.52. The standard InChI is InChI=1S/C25H48O4Si/c1-8-9-10-11-12-13-14-15-16-17-20-28-23(26)24(3,4)25(27)19-18-21(2)22(25)29-30(5,6)7/h27H,8-20H2,1-7H3. The van der Waals surface area contributed by atoms with E-state index in [1.807, 2.05) is 6.92 Å². The van der Waals surface area contributed by atoms with Gasteiger partial charge in [0, 0.05) is 0 Å². The molecule has 1 aliphatic carbocycles. The summed E-state index contributed by atoms with van der Waals surface area (Å²) in [6.07, 6.45) is 13.8. The highest BCUT2D eigenvalue weighted by Crippen LogP contribution is 2.49. The lowest BCUT2D eigenvalue weighted by atomic mass is 9.73. The van der Waals surface area contributed by atoms with Crippen LogP contribution in [0.5, 0.6) is 0 Å². The minimum Gasteiger partial charge on any atom is -0.545 e. The summed E-state index contributed by atoms with van der Waals surface area (Å²) < 4.78 is 11.8. The van der Waals surface area contributed by atoms with E-state index >= 15 is 0 Å². The number of hydrogen-bond acceptors (Lipinski definition) is 4.